The highest BCUT2D eigenvalue weighted by molar-refractivity contribution is 5.99. The van der Waals surface area contributed by atoms with Crippen LogP contribution in [0.3, 0.4) is 0 Å². The molecule has 0 aromatic heterocycles. The van der Waals surface area contributed by atoms with Gasteiger partial charge < -0.3 is 14.8 Å². The molecule has 146 valence electrons. The number of benzene rings is 2. The first kappa shape index (κ1) is 20.6. The van der Waals surface area contributed by atoms with Crippen LogP contribution < -0.4 is 5.32 Å². The molecule has 0 saturated carbocycles. The Labute approximate surface area is 160 Å². The fraction of sp³-hybridized carbons (Fsp3) is 0.211. The van der Waals surface area contributed by atoms with E-state index < -0.39 is 28.8 Å². The Hall–Kier alpha value is -3.75. The molecular formula is C19H18N2O7. The maximum atomic E-state index is 12.5. The third-order valence-corrected chi connectivity index (χ3v) is 3.95. The smallest absolute Gasteiger partial charge is 0.337 e. The van der Waals surface area contributed by atoms with Gasteiger partial charge in [-0.15, -0.1) is 0 Å². The Morgan fingerprint density at radius 2 is 1.71 bits per heavy atom. The summed E-state index contributed by atoms with van der Waals surface area (Å²) in [6.45, 7) is 0. The fourth-order valence-electron chi connectivity index (χ4n) is 2.56. The van der Waals surface area contributed by atoms with E-state index in [1.165, 1.54) is 49.6 Å². The minimum absolute atomic E-state index is 0.124. The molecular weight excluding hydrogens is 368 g/mol. The lowest BCUT2D eigenvalue weighted by molar-refractivity contribution is -0.385. The van der Waals surface area contributed by atoms with Crippen LogP contribution >= 0.6 is 0 Å². The Kier molecular flexibility index (Phi) is 6.80. The zero-order chi connectivity index (χ0) is 20.7. The van der Waals surface area contributed by atoms with Crippen LogP contribution in [0, 0.1) is 10.1 Å². The molecule has 2 aromatic rings. The zero-order valence-corrected chi connectivity index (χ0v) is 15.2. The highest BCUT2D eigenvalue weighted by Gasteiger charge is 2.26. The van der Waals surface area contributed by atoms with Gasteiger partial charge in [0.05, 0.1) is 24.7 Å². The molecule has 0 spiro atoms. The van der Waals surface area contributed by atoms with Crippen molar-refractivity contribution in [2.45, 2.75) is 12.5 Å². The molecule has 0 fully saturated rings. The Bertz CT molecular complexity index is 911. The van der Waals surface area contributed by atoms with Crippen molar-refractivity contribution in [2.75, 3.05) is 14.2 Å². The number of hydrogen-bond acceptors (Lipinski definition) is 7. The van der Waals surface area contributed by atoms with Crippen LogP contribution in [0.4, 0.5) is 5.69 Å². The molecule has 0 unspecified atom stereocenters. The van der Waals surface area contributed by atoms with Crippen molar-refractivity contribution in [3.8, 4) is 0 Å². The Morgan fingerprint density at radius 1 is 1.04 bits per heavy atom. The summed E-state index contributed by atoms with van der Waals surface area (Å²) in [5, 5.41) is 13.7. The van der Waals surface area contributed by atoms with Gasteiger partial charge in [-0.05, 0) is 18.2 Å². The van der Waals surface area contributed by atoms with Crippen molar-refractivity contribution in [3.05, 3.63) is 75.3 Å². The summed E-state index contributed by atoms with van der Waals surface area (Å²) in [5.41, 5.74) is 0.396. The van der Waals surface area contributed by atoms with E-state index in [0.29, 0.717) is 0 Å². The van der Waals surface area contributed by atoms with Crippen LogP contribution in [0.25, 0.3) is 0 Å². The van der Waals surface area contributed by atoms with E-state index in [1.807, 2.05) is 0 Å². The Balaban J connectivity index is 2.26. The summed E-state index contributed by atoms with van der Waals surface area (Å²) < 4.78 is 9.32. The number of amides is 1. The van der Waals surface area contributed by atoms with Gasteiger partial charge in [0.2, 0.25) is 0 Å². The van der Waals surface area contributed by atoms with Crippen molar-refractivity contribution in [3.63, 3.8) is 0 Å². The molecule has 28 heavy (non-hydrogen) atoms. The van der Waals surface area contributed by atoms with Gasteiger partial charge in [-0.1, -0.05) is 24.3 Å². The number of nitro groups is 1. The topological polar surface area (TPSA) is 125 Å². The number of nitrogens with one attached hydrogen (secondary N) is 1. The first-order valence-corrected chi connectivity index (χ1v) is 8.16. The van der Waals surface area contributed by atoms with Crippen LogP contribution in [-0.2, 0) is 20.7 Å². The number of esters is 2. The quantitative estimate of drug-likeness (QED) is 0.438. The predicted molar refractivity (Wildman–Crippen MR) is 97.9 cm³/mol. The number of nitrogens with zero attached hydrogens (tertiary/aromatic N) is 1. The number of carbonyl (C=O) groups excluding carboxylic acids is 3. The highest BCUT2D eigenvalue weighted by atomic mass is 16.6. The minimum atomic E-state index is -1.15. The van der Waals surface area contributed by atoms with Gasteiger partial charge in [0, 0.05) is 23.6 Å². The minimum Gasteiger partial charge on any atom is -0.467 e. The highest BCUT2D eigenvalue weighted by Crippen LogP contribution is 2.20. The van der Waals surface area contributed by atoms with Crippen molar-refractivity contribution in [2.24, 2.45) is 0 Å². The SMILES string of the molecule is COC(=O)c1cccc(C(=O)N[C@H](Cc2ccccc2[N+](=O)[O-])C(=O)OC)c1. The van der Waals surface area contributed by atoms with Gasteiger partial charge >= 0.3 is 11.9 Å². The van der Waals surface area contributed by atoms with E-state index in [9.17, 15) is 24.5 Å². The van der Waals surface area contributed by atoms with Gasteiger partial charge in [0.25, 0.3) is 11.6 Å². The molecule has 1 N–H and O–H groups in total. The first-order valence-electron chi connectivity index (χ1n) is 8.16. The van der Waals surface area contributed by atoms with Crippen molar-refractivity contribution >= 4 is 23.5 Å². The average Bonchev–Trinajstić information content (AvgIpc) is 2.72. The lowest BCUT2D eigenvalue weighted by Crippen LogP contribution is -2.43. The van der Waals surface area contributed by atoms with E-state index in [4.69, 9.17) is 4.74 Å². The molecule has 0 aliphatic carbocycles. The average molecular weight is 386 g/mol. The number of methoxy groups -OCH3 is 2. The maximum Gasteiger partial charge on any atom is 0.337 e. The molecule has 0 bridgehead atoms. The van der Waals surface area contributed by atoms with Crippen LogP contribution in [-0.4, -0.2) is 43.0 Å². The molecule has 0 radical (unpaired) electrons. The lowest BCUT2D eigenvalue weighted by Gasteiger charge is -2.17. The van der Waals surface area contributed by atoms with Crippen LogP contribution in [0.5, 0.6) is 0 Å². The van der Waals surface area contributed by atoms with Gasteiger partial charge in [0.1, 0.15) is 6.04 Å². The Morgan fingerprint density at radius 3 is 2.36 bits per heavy atom. The zero-order valence-electron chi connectivity index (χ0n) is 15.2. The number of hydrogen-bond donors (Lipinski definition) is 1. The summed E-state index contributed by atoms with van der Waals surface area (Å²) in [7, 11) is 2.37. The van der Waals surface area contributed by atoms with E-state index in [1.54, 1.807) is 6.07 Å². The molecule has 0 aliphatic rings. The van der Waals surface area contributed by atoms with Gasteiger partial charge in [-0.25, -0.2) is 9.59 Å². The molecule has 2 aromatic carbocycles. The fourth-order valence-corrected chi connectivity index (χ4v) is 2.56. The van der Waals surface area contributed by atoms with Crippen molar-refractivity contribution < 1.29 is 28.8 Å². The second kappa shape index (κ2) is 9.26. The van der Waals surface area contributed by atoms with E-state index in [-0.39, 0.29) is 28.8 Å². The molecule has 1 atom stereocenters. The molecule has 1 amide bonds. The first-order chi connectivity index (χ1) is 13.4. The molecule has 0 heterocycles. The summed E-state index contributed by atoms with van der Waals surface area (Å²) in [6.07, 6.45) is -0.133. The standard InChI is InChI=1S/C19H18N2O7/c1-27-18(23)14-8-5-7-13(10-14)17(22)20-15(19(24)28-2)11-12-6-3-4-9-16(12)21(25)26/h3-10,15H,11H2,1-2H3,(H,20,22)/t15-/m1/s1. The summed E-state index contributed by atoms with van der Waals surface area (Å²) in [6, 6.07) is 10.5. The predicted octanol–water partition coefficient (Wildman–Crippen LogP) is 1.90. The van der Waals surface area contributed by atoms with E-state index in [0.717, 1.165) is 7.11 Å². The molecule has 9 nitrogen and oxygen atoms in total. The third kappa shape index (κ3) is 4.91. The normalized spacial score (nSPS) is 11.2. The number of ether oxygens (including phenoxy) is 2. The van der Waals surface area contributed by atoms with Gasteiger partial charge in [-0.3, -0.25) is 14.9 Å². The van der Waals surface area contributed by atoms with Crippen molar-refractivity contribution in [1.29, 1.82) is 0 Å². The van der Waals surface area contributed by atoms with Gasteiger partial charge in [-0.2, -0.15) is 0 Å². The number of carbonyl (C=O) groups is 3. The lowest BCUT2D eigenvalue weighted by atomic mass is 10.0. The second-order valence-electron chi connectivity index (χ2n) is 5.71. The van der Waals surface area contributed by atoms with Crippen LogP contribution in [0.15, 0.2) is 48.5 Å². The van der Waals surface area contributed by atoms with Crippen LogP contribution in [0.1, 0.15) is 26.3 Å². The molecule has 0 saturated heterocycles. The number of nitro benzene ring substituents is 1. The van der Waals surface area contributed by atoms with E-state index in [2.05, 4.69) is 10.1 Å². The monoisotopic (exact) mass is 386 g/mol. The largest absolute Gasteiger partial charge is 0.467 e. The van der Waals surface area contributed by atoms with Gasteiger partial charge in [0.15, 0.2) is 0 Å². The maximum absolute atomic E-state index is 12.5. The summed E-state index contributed by atoms with van der Waals surface area (Å²) in [4.78, 5) is 46.9. The summed E-state index contributed by atoms with van der Waals surface area (Å²) in [5.74, 6) is -2.01. The molecule has 2 rings (SSSR count). The van der Waals surface area contributed by atoms with Crippen molar-refractivity contribution in [1.82, 2.24) is 5.32 Å². The van der Waals surface area contributed by atoms with Crippen LogP contribution in [0.2, 0.25) is 0 Å². The van der Waals surface area contributed by atoms with E-state index >= 15 is 0 Å². The number of para-hydroxylation sites is 1. The summed E-state index contributed by atoms with van der Waals surface area (Å²) >= 11 is 0. The third-order valence-electron chi connectivity index (χ3n) is 3.95. The molecule has 0 aliphatic heterocycles. The second-order valence-corrected chi connectivity index (χ2v) is 5.71. The number of rotatable bonds is 7. The molecule has 9 heteroatoms.